The summed E-state index contributed by atoms with van der Waals surface area (Å²) >= 11 is 13.6. The van der Waals surface area contributed by atoms with Crippen LogP contribution in [-0.4, -0.2) is 25.3 Å². The zero-order valence-corrected chi connectivity index (χ0v) is 15.0. The van der Waals surface area contributed by atoms with E-state index in [0.29, 0.717) is 22.9 Å². The Morgan fingerprint density at radius 3 is 2.57 bits per heavy atom. The van der Waals surface area contributed by atoms with Crippen LogP contribution >= 0.6 is 35.0 Å². The number of hydrogen-bond acceptors (Lipinski definition) is 3. The Labute approximate surface area is 150 Å². The van der Waals surface area contributed by atoms with Gasteiger partial charge >= 0.3 is 0 Å². The Hall–Kier alpha value is -1.36. The van der Waals surface area contributed by atoms with Gasteiger partial charge in [0, 0.05) is 28.6 Å². The molecule has 0 unspecified atom stereocenters. The first-order chi connectivity index (χ1) is 11.1. The third kappa shape index (κ3) is 5.65. The molecule has 0 bridgehead atoms. The van der Waals surface area contributed by atoms with Crippen molar-refractivity contribution in [2.45, 2.75) is 5.75 Å². The molecule has 122 valence electrons. The summed E-state index contributed by atoms with van der Waals surface area (Å²) in [6.07, 6.45) is 0. The number of hydrogen-bond donors (Lipinski definition) is 1. The summed E-state index contributed by atoms with van der Waals surface area (Å²) in [5, 5.41) is 4.05. The first kappa shape index (κ1) is 18.0. The average Bonchev–Trinajstić information content (AvgIpc) is 2.56. The molecule has 2 rings (SSSR count). The molecule has 1 amide bonds. The molecular weight excluding hydrogens is 353 g/mol. The highest BCUT2D eigenvalue weighted by molar-refractivity contribution is 7.98. The molecule has 0 aliphatic carbocycles. The van der Waals surface area contributed by atoms with Crippen molar-refractivity contribution in [3.05, 3.63) is 63.6 Å². The van der Waals surface area contributed by atoms with Crippen LogP contribution in [0.1, 0.15) is 15.9 Å². The first-order valence-corrected chi connectivity index (χ1v) is 8.95. The molecule has 0 heterocycles. The van der Waals surface area contributed by atoms with E-state index in [1.165, 1.54) is 5.56 Å². The van der Waals surface area contributed by atoms with E-state index in [4.69, 9.17) is 27.9 Å². The number of thioether (sulfide) groups is 1. The van der Waals surface area contributed by atoms with E-state index in [1.54, 1.807) is 37.1 Å². The number of rotatable bonds is 7. The van der Waals surface area contributed by atoms with E-state index in [0.717, 1.165) is 16.5 Å². The van der Waals surface area contributed by atoms with Gasteiger partial charge in [0.05, 0.1) is 12.1 Å². The number of halogens is 2. The summed E-state index contributed by atoms with van der Waals surface area (Å²) in [5.41, 5.74) is 1.74. The fraction of sp³-hybridized carbons (Fsp3) is 0.235. The van der Waals surface area contributed by atoms with Crippen LogP contribution in [-0.2, 0) is 5.75 Å². The molecule has 0 atom stereocenters. The van der Waals surface area contributed by atoms with Crippen molar-refractivity contribution in [2.75, 3.05) is 19.4 Å². The molecule has 0 spiro atoms. The SMILES string of the molecule is COc1ccc(C(=O)NCCSCc2ccc(Cl)cc2)cc1Cl. The van der Waals surface area contributed by atoms with Crippen LogP contribution in [0.2, 0.25) is 10.0 Å². The summed E-state index contributed by atoms with van der Waals surface area (Å²) in [7, 11) is 1.54. The van der Waals surface area contributed by atoms with Crippen molar-refractivity contribution in [2.24, 2.45) is 0 Å². The fourth-order valence-electron chi connectivity index (χ4n) is 1.92. The normalized spacial score (nSPS) is 10.4. The highest BCUT2D eigenvalue weighted by Crippen LogP contribution is 2.24. The molecule has 3 nitrogen and oxygen atoms in total. The third-order valence-electron chi connectivity index (χ3n) is 3.13. The maximum Gasteiger partial charge on any atom is 0.251 e. The van der Waals surface area contributed by atoms with Gasteiger partial charge in [-0.2, -0.15) is 11.8 Å². The number of amides is 1. The van der Waals surface area contributed by atoms with Gasteiger partial charge in [0.25, 0.3) is 5.91 Å². The molecule has 0 aliphatic heterocycles. The molecule has 6 heteroatoms. The number of nitrogens with one attached hydrogen (secondary N) is 1. The lowest BCUT2D eigenvalue weighted by Gasteiger charge is -2.07. The Morgan fingerprint density at radius 1 is 1.17 bits per heavy atom. The van der Waals surface area contributed by atoms with Gasteiger partial charge in [-0.05, 0) is 35.9 Å². The maximum absolute atomic E-state index is 12.0. The largest absolute Gasteiger partial charge is 0.495 e. The maximum atomic E-state index is 12.0. The molecule has 0 aromatic heterocycles. The second-order valence-electron chi connectivity index (χ2n) is 4.78. The van der Waals surface area contributed by atoms with Crippen molar-refractivity contribution in [3.8, 4) is 5.75 Å². The summed E-state index contributed by atoms with van der Waals surface area (Å²) in [5.74, 6) is 2.14. The highest BCUT2D eigenvalue weighted by atomic mass is 35.5. The van der Waals surface area contributed by atoms with Gasteiger partial charge < -0.3 is 10.1 Å². The Bertz CT molecular complexity index is 662. The van der Waals surface area contributed by atoms with E-state index in [2.05, 4.69) is 5.32 Å². The van der Waals surface area contributed by atoms with Gasteiger partial charge in [0.15, 0.2) is 0 Å². The zero-order valence-electron chi connectivity index (χ0n) is 12.6. The van der Waals surface area contributed by atoms with Crippen LogP contribution in [0.15, 0.2) is 42.5 Å². The first-order valence-electron chi connectivity index (χ1n) is 7.04. The second-order valence-corrected chi connectivity index (χ2v) is 6.73. The summed E-state index contributed by atoms with van der Waals surface area (Å²) < 4.78 is 5.07. The van der Waals surface area contributed by atoms with Crippen molar-refractivity contribution >= 4 is 40.9 Å². The van der Waals surface area contributed by atoms with Crippen LogP contribution in [0.25, 0.3) is 0 Å². The predicted octanol–water partition coefficient (Wildman–Crippen LogP) is 4.67. The van der Waals surface area contributed by atoms with Crippen molar-refractivity contribution in [1.29, 1.82) is 0 Å². The minimum atomic E-state index is -0.137. The number of methoxy groups -OCH3 is 1. The third-order valence-corrected chi connectivity index (χ3v) is 4.71. The molecule has 1 N–H and O–H groups in total. The van der Waals surface area contributed by atoms with Crippen LogP contribution in [0.4, 0.5) is 0 Å². The molecule has 2 aromatic carbocycles. The number of carbonyl (C=O) groups is 1. The van der Waals surface area contributed by atoms with Gasteiger partial charge in [-0.1, -0.05) is 35.3 Å². The molecule has 23 heavy (non-hydrogen) atoms. The van der Waals surface area contributed by atoms with E-state index in [1.807, 2.05) is 24.3 Å². The van der Waals surface area contributed by atoms with Crippen LogP contribution < -0.4 is 10.1 Å². The minimum Gasteiger partial charge on any atom is -0.495 e. The summed E-state index contributed by atoms with van der Waals surface area (Å²) in [6.45, 7) is 0.598. The number of carbonyl (C=O) groups excluding carboxylic acids is 1. The highest BCUT2D eigenvalue weighted by Gasteiger charge is 2.08. The van der Waals surface area contributed by atoms with Crippen molar-refractivity contribution < 1.29 is 9.53 Å². The standard InChI is InChI=1S/C17H17Cl2NO2S/c1-22-16-7-4-13(10-15(16)19)17(21)20-8-9-23-11-12-2-5-14(18)6-3-12/h2-7,10H,8-9,11H2,1H3,(H,20,21). The van der Waals surface area contributed by atoms with E-state index in [-0.39, 0.29) is 5.91 Å². The van der Waals surface area contributed by atoms with Gasteiger partial charge in [0.2, 0.25) is 0 Å². The van der Waals surface area contributed by atoms with E-state index in [9.17, 15) is 4.79 Å². The smallest absolute Gasteiger partial charge is 0.251 e. The van der Waals surface area contributed by atoms with Crippen molar-refractivity contribution in [3.63, 3.8) is 0 Å². The molecule has 0 radical (unpaired) electrons. The Balaban J connectivity index is 1.72. The molecule has 2 aromatic rings. The Morgan fingerprint density at radius 2 is 1.91 bits per heavy atom. The number of ether oxygens (including phenoxy) is 1. The molecule has 0 fully saturated rings. The molecule has 0 saturated carbocycles. The second kappa shape index (κ2) is 9.06. The quantitative estimate of drug-likeness (QED) is 0.720. The Kier molecular flexibility index (Phi) is 7.09. The molecule has 0 aliphatic rings. The minimum absolute atomic E-state index is 0.137. The lowest BCUT2D eigenvalue weighted by atomic mass is 10.2. The fourth-order valence-corrected chi connectivity index (χ4v) is 3.12. The lowest BCUT2D eigenvalue weighted by Crippen LogP contribution is -2.25. The van der Waals surface area contributed by atoms with Gasteiger partial charge in [0.1, 0.15) is 5.75 Å². The van der Waals surface area contributed by atoms with Crippen LogP contribution in [0.3, 0.4) is 0 Å². The zero-order chi connectivity index (χ0) is 16.7. The monoisotopic (exact) mass is 369 g/mol. The predicted molar refractivity (Wildman–Crippen MR) is 98.0 cm³/mol. The van der Waals surface area contributed by atoms with Crippen LogP contribution in [0.5, 0.6) is 5.75 Å². The van der Waals surface area contributed by atoms with Crippen molar-refractivity contribution in [1.82, 2.24) is 5.32 Å². The average molecular weight is 370 g/mol. The van der Waals surface area contributed by atoms with Gasteiger partial charge in [-0.15, -0.1) is 0 Å². The van der Waals surface area contributed by atoms with Crippen LogP contribution in [0, 0.1) is 0 Å². The van der Waals surface area contributed by atoms with Gasteiger partial charge in [-0.3, -0.25) is 4.79 Å². The number of benzene rings is 2. The summed E-state index contributed by atoms with van der Waals surface area (Å²) in [6, 6.07) is 12.8. The van der Waals surface area contributed by atoms with E-state index >= 15 is 0 Å². The molecule has 0 saturated heterocycles. The lowest BCUT2D eigenvalue weighted by molar-refractivity contribution is 0.0956. The molecular formula is C17H17Cl2NO2S. The van der Waals surface area contributed by atoms with E-state index < -0.39 is 0 Å². The topological polar surface area (TPSA) is 38.3 Å². The summed E-state index contributed by atoms with van der Waals surface area (Å²) in [4.78, 5) is 12.0. The van der Waals surface area contributed by atoms with Gasteiger partial charge in [-0.25, -0.2) is 0 Å².